The smallest absolute Gasteiger partial charge is 0.342 e. The molecule has 0 bridgehead atoms. The Labute approximate surface area is 193 Å². The van der Waals surface area contributed by atoms with Crippen LogP contribution >= 0.6 is 0 Å². The van der Waals surface area contributed by atoms with Crippen LogP contribution in [-0.4, -0.2) is 33.4 Å². The molecule has 7 nitrogen and oxygen atoms in total. The van der Waals surface area contributed by atoms with Crippen LogP contribution in [0.15, 0.2) is 54.6 Å². The molecule has 0 aliphatic heterocycles. The van der Waals surface area contributed by atoms with Gasteiger partial charge >= 0.3 is 6.03 Å². The average Bonchev–Trinajstić information content (AvgIpc) is 3.52. The highest BCUT2D eigenvalue weighted by molar-refractivity contribution is 5.91. The second kappa shape index (κ2) is 9.90. The van der Waals surface area contributed by atoms with Crippen LogP contribution in [0.4, 0.5) is 10.5 Å². The molecule has 0 saturated heterocycles. The van der Waals surface area contributed by atoms with Gasteiger partial charge in [0.25, 0.3) is 0 Å². The third-order valence-electron chi connectivity index (χ3n) is 5.61. The summed E-state index contributed by atoms with van der Waals surface area (Å²) in [6.45, 7) is 4.47. The van der Waals surface area contributed by atoms with E-state index in [9.17, 15) is 14.7 Å². The van der Waals surface area contributed by atoms with E-state index in [0.29, 0.717) is 35.8 Å². The summed E-state index contributed by atoms with van der Waals surface area (Å²) >= 11 is 0. The van der Waals surface area contributed by atoms with Gasteiger partial charge in [-0.1, -0.05) is 44.2 Å². The number of aromatic hydroxyl groups is 1. The van der Waals surface area contributed by atoms with Crippen LogP contribution in [-0.2, 0) is 11.2 Å². The summed E-state index contributed by atoms with van der Waals surface area (Å²) in [6.07, 6.45) is 3.20. The summed E-state index contributed by atoms with van der Waals surface area (Å²) in [4.78, 5) is 24.9. The third-order valence-corrected chi connectivity index (χ3v) is 5.61. The van der Waals surface area contributed by atoms with E-state index in [1.165, 1.54) is 10.7 Å². The fourth-order valence-corrected chi connectivity index (χ4v) is 3.80. The van der Waals surface area contributed by atoms with Crippen LogP contribution in [0.1, 0.15) is 50.3 Å². The lowest BCUT2D eigenvalue weighted by Gasteiger charge is -2.09. The van der Waals surface area contributed by atoms with Gasteiger partial charge in [0.2, 0.25) is 5.91 Å². The number of nitrogens with one attached hydrogen (secondary N) is 2. The molecule has 1 aliphatic carbocycles. The van der Waals surface area contributed by atoms with Crippen molar-refractivity contribution in [3.8, 4) is 17.0 Å². The third kappa shape index (κ3) is 5.80. The van der Waals surface area contributed by atoms with Gasteiger partial charge in [0.1, 0.15) is 5.75 Å². The number of carbonyl (C=O) groups excluding carboxylic acids is 2. The molecule has 3 N–H and O–H groups in total. The quantitative estimate of drug-likeness (QED) is 0.458. The Morgan fingerprint density at radius 3 is 2.55 bits per heavy atom. The molecule has 7 heteroatoms. The van der Waals surface area contributed by atoms with Crippen molar-refractivity contribution >= 4 is 17.6 Å². The maximum atomic E-state index is 12.9. The lowest BCUT2D eigenvalue weighted by Crippen LogP contribution is -2.32. The summed E-state index contributed by atoms with van der Waals surface area (Å²) in [5.74, 6) is 0.475. The second-order valence-electron chi connectivity index (χ2n) is 8.99. The zero-order valence-corrected chi connectivity index (χ0v) is 19.0. The monoisotopic (exact) mass is 446 g/mol. The molecule has 0 atom stereocenters. The number of phenols is 1. The van der Waals surface area contributed by atoms with Gasteiger partial charge in [-0.05, 0) is 48.9 Å². The zero-order chi connectivity index (χ0) is 23.4. The number of hydrogen-bond acceptors (Lipinski definition) is 4. The minimum Gasteiger partial charge on any atom is -0.507 e. The van der Waals surface area contributed by atoms with Crippen molar-refractivity contribution in [3.05, 3.63) is 65.9 Å². The normalized spacial score (nSPS) is 13.2. The lowest BCUT2D eigenvalue weighted by atomic mass is 10.1. The lowest BCUT2D eigenvalue weighted by molar-refractivity contribution is -0.116. The standard InChI is InChI=1S/C26H30N4O3/c1-17(2)14-25(32)28-20-10-11-21(24(31)15-20)22-16-23(19-8-9-19)30(29-22)26(33)27-13-12-18-6-4-3-5-7-18/h3-7,10-11,15-17,19,31H,8-9,12-14H2,1-2H3,(H,27,33)(H,28,32). The Balaban J connectivity index is 1.48. The number of aromatic nitrogens is 2. The van der Waals surface area contributed by atoms with Crippen molar-refractivity contribution in [2.75, 3.05) is 11.9 Å². The molecule has 3 aromatic rings. The highest BCUT2D eigenvalue weighted by Gasteiger charge is 2.30. The Kier molecular flexibility index (Phi) is 6.77. The number of hydrogen-bond donors (Lipinski definition) is 3. The molecule has 1 heterocycles. The number of benzene rings is 2. The largest absolute Gasteiger partial charge is 0.507 e. The maximum absolute atomic E-state index is 12.9. The van der Waals surface area contributed by atoms with Gasteiger partial charge in [-0.3, -0.25) is 4.79 Å². The van der Waals surface area contributed by atoms with Gasteiger partial charge in [-0.2, -0.15) is 9.78 Å². The molecule has 0 spiro atoms. The molecular formula is C26H30N4O3. The van der Waals surface area contributed by atoms with Crippen LogP contribution in [0.25, 0.3) is 11.3 Å². The maximum Gasteiger partial charge on any atom is 0.342 e. The zero-order valence-electron chi connectivity index (χ0n) is 19.0. The van der Waals surface area contributed by atoms with Crippen LogP contribution < -0.4 is 10.6 Å². The van der Waals surface area contributed by atoms with Gasteiger partial charge in [0.15, 0.2) is 0 Å². The summed E-state index contributed by atoms with van der Waals surface area (Å²) in [7, 11) is 0. The average molecular weight is 447 g/mol. The minimum absolute atomic E-state index is 0.00818. The predicted molar refractivity (Wildman–Crippen MR) is 128 cm³/mol. The molecule has 2 amide bonds. The fourth-order valence-electron chi connectivity index (χ4n) is 3.80. The number of anilines is 1. The fraction of sp³-hybridized carbons (Fsp3) is 0.346. The highest BCUT2D eigenvalue weighted by Crippen LogP contribution is 2.42. The van der Waals surface area contributed by atoms with E-state index in [0.717, 1.165) is 30.5 Å². The van der Waals surface area contributed by atoms with Crippen LogP contribution in [0.2, 0.25) is 0 Å². The molecule has 2 aromatic carbocycles. The molecule has 1 aromatic heterocycles. The first-order chi connectivity index (χ1) is 15.9. The first-order valence-corrected chi connectivity index (χ1v) is 11.5. The van der Waals surface area contributed by atoms with Gasteiger partial charge in [-0.15, -0.1) is 0 Å². The first-order valence-electron chi connectivity index (χ1n) is 11.5. The molecule has 4 rings (SSSR count). The van der Waals surface area contributed by atoms with Crippen LogP contribution in [0.3, 0.4) is 0 Å². The molecule has 1 saturated carbocycles. The summed E-state index contributed by atoms with van der Waals surface area (Å²) < 4.78 is 1.43. The van der Waals surface area contributed by atoms with Crippen molar-refractivity contribution in [1.29, 1.82) is 0 Å². The van der Waals surface area contributed by atoms with Crippen LogP contribution in [0, 0.1) is 5.92 Å². The number of rotatable bonds is 8. The van der Waals surface area contributed by atoms with Crippen molar-refractivity contribution in [3.63, 3.8) is 0 Å². The topological polar surface area (TPSA) is 96.3 Å². The van der Waals surface area contributed by atoms with Crippen molar-refractivity contribution in [2.45, 2.75) is 45.4 Å². The van der Waals surface area contributed by atoms with Gasteiger partial charge in [-0.25, -0.2) is 4.79 Å². The Hall–Kier alpha value is -3.61. The van der Waals surface area contributed by atoms with E-state index in [1.807, 2.05) is 50.2 Å². The Morgan fingerprint density at radius 1 is 1.12 bits per heavy atom. The predicted octanol–water partition coefficient (Wildman–Crippen LogP) is 4.92. The van der Waals surface area contributed by atoms with Crippen LogP contribution in [0.5, 0.6) is 5.75 Å². The number of phenolic OH excluding ortho intramolecular Hbond substituents is 1. The van der Waals surface area contributed by atoms with Gasteiger partial charge in [0, 0.05) is 36.2 Å². The summed E-state index contributed by atoms with van der Waals surface area (Å²) in [6, 6.07) is 16.6. The Morgan fingerprint density at radius 2 is 1.88 bits per heavy atom. The van der Waals surface area contributed by atoms with Gasteiger partial charge < -0.3 is 15.7 Å². The van der Waals surface area contributed by atoms with Crippen molar-refractivity contribution in [1.82, 2.24) is 15.1 Å². The van der Waals surface area contributed by atoms with Crippen molar-refractivity contribution < 1.29 is 14.7 Å². The molecule has 1 aliphatic rings. The summed E-state index contributed by atoms with van der Waals surface area (Å²) in [5.41, 5.74) is 3.60. The van der Waals surface area contributed by atoms with E-state index in [1.54, 1.807) is 12.1 Å². The van der Waals surface area contributed by atoms with E-state index >= 15 is 0 Å². The molecule has 0 radical (unpaired) electrons. The second-order valence-corrected chi connectivity index (χ2v) is 8.99. The van der Waals surface area contributed by atoms with E-state index in [4.69, 9.17) is 0 Å². The van der Waals surface area contributed by atoms with E-state index in [2.05, 4.69) is 15.7 Å². The van der Waals surface area contributed by atoms with E-state index in [-0.39, 0.29) is 23.6 Å². The number of carbonyl (C=O) groups is 2. The molecular weight excluding hydrogens is 416 g/mol. The molecule has 33 heavy (non-hydrogen) atoms. The SMILES string of the molecule is CC(C)CC(=O)Nc1ccc(-c2cc(C3CC3)n(C(=O)NCCc3ccccc3)n2)c(O)c1. The molecule has 0 unspecified atom stereocenters. The number of amides is 2. The summed E-state index contributed by atoms with van der Waals surface area (Å²) in [5, 5.41) is 20.9. The Bertz CT molecular complexity index is 1130. The van der Waals surface area contributed by atoms with E-state index < -0.39 is 0 Å². The molecule has 1 fully saturated rings. The highest BCUT2D eigenvalue weighted by atomic mass is 16.3. The van der Waals surface area contributed by atoms with Gasteiger partial charge in [0.05, 0.1) is 11.4 Å². The van der Waals surface area contributed by atoms with Crippen molar-refractivity contribution in [2.24, 2.45) is 5.92 Å². The first kappa shape index (κ1) is 22.6. The number of nitrogens with zero attached hydrogens (tertiary/aromatic N) is 2. The minimum atomic E-state index is -0.267. The molecule has 172 valence electrons.